The molecule has 108 valence electrons. The number of alkyl halides is 3. The molecule has 1 heterocycles. The largest absolute Gasteiger partial charge is 0.401 e. The third-order valence-electron chi connectivity index (χ3n) is 3.76. The van der Waals surface area contributed by atoms with Crippen LogP contribution in [-0.2, 0) is 0 Å². The molecule has 0 spiro atoms. The average molecular weight is 267 g/mol. The molecule has 0 saturated carbocycles. The highest BCUT2D eigenvalue weighted by Gasteiger charge is 2.36. The topological polar surface area (TPSA) is 41.3 Å². The van der Waals surface area contributed by atoms with E-state index in [1.807, 2.05) is 0 Å². The zero-order chi connectivity index (χ0) is 13.8. The Morgan fingerprint density at radius 2 is 1.94 bits per heavy atom. The summed E-state index contributed by atoms with van der Waals surface area (Å²) in [6.45, 7) is 5.27. The molecule has 1 fully saturated rings. The standard InChI is InChI=1S/C12H24F3N3/c1-10(2)18-6-3-4-11(8-16,5-7-18)17-9-12(13,14)15/h10,17H,3-9,16H2,1-2H3. The van der Waals surface area contributed by atoms with Crippen LogP contribution < -0.4 is 11.1 Å². The van der Waals surface area contributed by atoms with E-state index in [9.17, 15) is 13.2 Å². The van der Waals surface area contributed by atoms with Gasteiger partial charge in [-0.25, -0.2) is 0 Å². The zero-order valence-electron chi connectivity index (χ0n) is 11.2. The van der Waals surface area contributed by atoms with Crippen LogP contribution in [0.3, 0.4) is 0 Å². The van der Waals surface area contributed by atoms with Crippen molar-refractivity contribution in [3.8, 4) is 0 Å². The molecule has 1 saturated heterocycles. The van der Waals surface area contributed by atoms with Crippen LogP contribution in [-0.4, -0.2) is 48.8 Å². The van der Waals surface area contributed by atoms with Crippen LogP contribution in [0.15, 0.2) is 0 Å². The predicted octanol–water partition coefficient (Wildman–Crippen LogP) is 1.73. The first-order valence-corrected chi connectivity index (χ1v) is 6.54. The van der Waals surface area contributed by atoms with E-state index in [0.717, 1.165) is 19.5 Å². The number of nitrogens with zero attached hydrogens (tertiary/aromatic N) is 1. The van der Waals surface area contributed by atoms with Gasteiger partial charge in [-0.15, -0.1) is 0 Å². The highest BCUT2D eigenvalue weighted by atomic mass is 19.4. The van der Waals surface area contributed by atoms with Crippen LogP contribution in [0.25, 0.3) is 0 Å². The first-order valence-electron chi connectivity index (χ1n) is 6.54. The molecule has 0 aromatic rings. The summed E-state index contributed by atoms with van der Waals surface area (Å²) in [6.07, 6.45) is -1.90. The van der Waals surface area contributed by atoms with E-state index >= 15 is 0 Å². The third kappa shape index (κ3) is 4.74. The number of nitrogens with two attached hydrogens (primary N) is 1. The summed E-state index contributed by atoms with van der Waals surface area (Å²) in [6, 6.07) is 0.432. The molecule has 1 aliphatic heterocycles. The van der Waals surface area contributed by atoms with Gasteiger partial charge in [0, 0.05) is 24.7 Å². The Kier molecular flexibility index (Phi) is 5.43. The Labute approximate surface area is 107 Å². The van der Waals surface area contributed by atoms with Gasteiger partial charge < -0.3 is 16.0 Å². The summed E-state index contributed by atoms with van der Waals surface area (Å²) in [5, 5.41) is 2.65. The Hall–Kier alpha value is -0.330. The van der Waals surface area contributed by atoms with Gasteiger partial charge in [0.1, 0.15) is 0 Å². The molecule has 1 atom stereocenters. The van der Waals surface area contributed by atoms with Gasteiger partial charge in [-0.1, -0.05) is 0 Å². The van der Waals surface area contributed by atoms with Gasteiger partial charge in [0.2, 0.25) is 0 Å². The molecule has 0 radical (unpaired) electrons. The first kappa shape index (κ1) is 15.7. The molecule has 1 unspecified atom stereocenters. The highest BCUT2D eigenvalue weighted by molar-refractivity contribution is 4.93. The summed E-state index contributed by atoms with van der Waals surface area (Å²) in [5.74, 6) is 0. The third-order valence-corrected chi connectivity index (χ3v) is 3.76. The van der Waals surface area contributed by atoms with Crippen molar-refractivity contribution in [2.45, 2.75) is 50.9 Å². The molecule has 6 heteroatoms. The van der Waals surface area contributed by atoms with Crippen LogP contribution in [0.1, 0.15) is 33.1 Å². The van der Waals surface area contributed by atoms with Gasteiger partial charge in [0.25, 0.3) is 0 Å². The lowest BCUT2D eigenvalue weighted by Gasteiger charge is -2.33. The molecule has 3 nitrogen and oxygen atoms in total. The lowest BCUT2D eigenvalue weighted by molar-refractivity contribution is -0.129. The molecule has 0 bridgehead atoms. The van der Waals surface area contributed by atoms with E-state index in [1.54, 1.807) is 0 Å². The number of rotatable bonds is 4. The Bertz CT molecular complexity index is 255. The molecule has 3 N–H and O–H groups in total. The molecule has 0 aliphatic carbocycles. The fourth-order valence-electron chi connectivity index (χ4n) is 2.47. The maximum Gasteiger partial charge on any atom is 0.401 e. The second-order valence-electron chi connectivity index (χ2n) is 5.44. The molecule has 1 rings (SSSR count). The van der Waals surface area contributed by atoms with Gasteiger partial charge in [0.15, 0.2) is 0 Å². The monoisotopic (exact) mass is 267 g/mol. The minimum Gasteiger partial charge on any atom is -0.329 e. The van der Waals surface area contributed by atoms with E-state index in [1.165, 1.54) is 0 Å². The lowest BCUT2D eigenvalue weighted by atomic mass is 9.90. The molecular formula is C12H24F3N3. The zero-order valence-corrected chi connectivity index (χ0v) is 11.2. The van der Waals surface area contributed by atoms with E-state index in [2.05, 4.69) is 24.1 Å². The van der Waals surface area contributed by atoms with Crippen molar-refractivity contribution in [3.63, 3.8) is 0 Å². The van der Waals surface area contributed by atoms with E-state index < -0.39 is 18.3 Å². The van der Waals surface area contributed by atoms with Crippen molar-refractivity contribution in [1.29, 1.82) is 0 Å². The van der Waals surface area contributed by atoms with Crippen molar-refractivity contribution in [2.75, 3.05) is 26.2 Å². The molecular weight excluding hydrogens is 243 g/mol. The average Bonchev–Trinajstić information content (AvgIpc) is 2.48. The van der Waals surface area contributed by atoms with Crippen LogP contribution in [0.2, 0.25) is 0 Å². The normalized spacial score (nSPS) is 27.5. The van der Waals surface area contributed by atoms with Gasteiger partial charge in [-0.05, 0) is 39.7 Å². The second kappa shape index (κ2) is 6.21. The molecule has 0 aromatic carbocycles. The minimum absolute atomic E-state index is 0.259. The highest BCUT2D eigenvalue weighted by Crippen LogP contribution is 2.24. The van der Waals surface area contributed by atoms with Gasteiger partial charge in [0.05, 0.1) is 6.54 Å². The number of nitrogens with one attached hydrogen (secondary N) is 1. The number of halogens is 3. The van der Waals surface area contributed by atoms with Crippen LogP contribution in [0, 0.1) is 0 Å². The van der Waals surface area contributed by atoms with Crippen molar-refractivity contribution in [1.82, 2.24) is 10.2 Å². The maximum absolute atomic E-state index is 12.3. The summed E-state index contributed by atoms with van der Waals surface area (Å²) in [5.41, 5.74) is 5.15. The lowest BCUT2D eigenvalue weighted by Crippen LogP contribution is -2.54. The van der Waals surface area contributed by atoms with Crippen molar-refractivity contribution < 1.29 is 13.2 Å². The summed E-state index contributed by atoms with van der Waals surface area (Å²) in [4.78, 5) is 2.30. The van der Waals surface area contributed by atoms with Crippen LogP contribution >= 0.6 is 0 Å². The summed E-state index contributed by atoms with van der Waals surface area (Å²) < 4.78 is 36.9. The molecule has 1 aliphatic rings. The Morgan fingerprint density at radius 1 is 1.28 bits per heavy atom. The van der Waals surface area contributed by atoms with Gasteiger partial charge in [-0.3, -0.25) is 0 Å². The van der Waals surface area contributed by atoms with Gasteiger partial charge in [-0.2, -0.15) is 13.2 Å². The molecule has 0 aromatic heterocycles. The number of hydrogen-bond acceptors (Lipinski definition) is 3. The van der Waals surface area contributed by atoms with E-state index in [0.29, 0.717) is 18.9 Å². The smallest absolute Gasteiger partial charge is 0.329 e. The second-order valence-corrected chi connectivity index (χ2v) is 5.44. The first-order chi connectivity index (χ1) is 8.28. The van der Waals surface area contributed by atoms with Crippen LogP contribution in [0.5, 0.6) is 0 Å². The quantitative estimate of drug-likeness (QED) is 0.815. The fraction of sp³-hybridized carbons (Fsp3) is 1.00. The van der Waals surface area contributed by atoms with E-state index in [4.69, 9.17) is 5.73 Å². The molecule has 0 amide bonds. The number of hydrogen-bond donors (Lipinski definition) is 2. The van der Waals surface area contributed by atoms with Crippen LogP contribution in [0.4, 0.5) is 13.2 Å². The SMILES string of the molecule is CC(C)N1CCCC(CN)(NCC(F)(F)F)CC1. The Balaban J connectivity index is 2.59. The number of likely N-dealkylation sites (tertiary alicyclic amines) is 1. The minimum atomic E-state index is -4.17. The van der Waals surface area contributed by atoms with E-state index in [-0.39, 0.29) is 6.54 Å². The molecule has 18 heavy (non-hydrogen) atoms. The van der Waals surface area contributed by atoms with Crippen molar-refractivity contribution >= 4 is 0 Å². The fourth-order valence-corrected chi connectivity index (χ4v) is 2.47. The predicted molar refractivity (Wildman–Crippen MR) is 66.4 cm³/mol. The van der Waals surface area contributed by atoms with Crippen molar-refractivity contribution in [2.24, 2.45) is 5.73 Å². The maximum atomic E-state index is 12.3. The van der Waals surface area contributed by atoms with Crippen molar-refractivity contribution in [3.05, 3.63) is 0 Å². The summed E-state index contributed by atoms with van der Waals surface area (Å²) in [7, 11) is 0. The summed E-state index contributed by atoms with van der Waals surface area (Å²) >= 11 is 0. The Morgan fingerprint density at radius 3 is 2.44 bits per heavy atom. The van der Waals surface area contributed by atoms with Gasteiger partial charge >= 0.3 is 6.18 Å².